The van der Waals surface area contributed by atoms with Crippen LogP contribution in [-0.2, 0) is 17.5 Å². The maximum atomic E-state index is 12.7. The second kappa shape index (κ2) is 9.68. The Bertz CT molecular complexity index is 608. The Kier molecular flexibility index (Phi) is 7.85. The van der Waals surface area contributed by atoms with Crippen LogP contribution in [0, 0.1) is 0 Å². The molecule has 0 aromatic heterocycles. The van der Waals surface area contributed by atoms with Crippen LogP contribution in [-0.4, -0.2) is 55.2 Å². The Morgan fingerprint density at radius 3 is 2.41 bits per heavy atom. The highest BCUT2D eigenvalue weighted by atomic mass is 32.2. The van der Waals surface area contributed by atoms with Crippen LogP contribution >= 0.6 is 11.8 Å². The summed E-state index contributed by atoms with van der Waals surface area (Å²) in [5, 5.41) is 3.44. The lowest BCUT2D eigenvalue weighted by molar-refractivity contribution is -0.137. The second-order valence-corrected chi connectivity index (χ2v) is 8.41. The van der Waals surface area contributed by atoms with Crippen molar-refractivity contribution >= 4 is 17.7 Å². The molecule has 1 aromatic carbocycles. The number of benzene rings is 1. The fraction of sp³-hybridized carbons (Fsp3) is 0.632. The molecular weight excluding hydrogens is 375 g/mol. The van der Waals surface area contributed by atoms with Gasteiger partial charge in [0.1, 0.15) is 0 Å². The molecule has 1 fully saturated rings. The summed E-state index contributed by atoms with van der Waals surface area (Å²) < 4.78 is 43.7. The van der Waals surface area contributed by atoms with Crippen molar-refractivity contribution in [3.05, 3.63) is 35.4 Å². The smallest absolute Gasteiger partial charge is 0.381 e. The number of nitrogens with zero attached hydrogens (tertiary/aromatic N) is 2. The lowest BCUT2D eigenvalue weighted by atomic mass is 9.99. The van der Waals surface area contributed by atoms with Crippen molar-refractivity contribution in [1.82, 2.24) is 10.2 Å². The van der Waals surface area contributed by atoms with Gasteiger partial charge in [-0.25, -0.2) is 0 Å². The molecule has 1 saturated heterocycles. The van der Waals surface area contributed by atoms with E-state index in [0.717, 1.165) is 62.0 Å². The minimum Gasteiger partial charge on any atom is -0.381 e. The first-order chi connectivity index (χ1) is 12.8. The van der Waals surface area contributed by atoms with Crippen LogP contribution < -0.4 is 5.32 Å². The van der Waals surface area contributed by atoms with Gasteiger partial charge in [-0.2, -0.15) is 24.9 Å². The van der Waals surface area contributed by atoms with Gasteiger partial charge >= 0.3 is 6.18 Å². The first-order valence-electron chi connectivity index (χ1n) is 9.09. The number of guanidine groups is 1. The number of thioether (sulfide) groups is 1. The molecule has 152 valence electrons. The average molecular weight is 404 g/mol. The maximum Gasteiger partial charge on any atom is 0.416 e. The highest BCUT2D eigenvalue weighted by molar-refractivity contribution is 8.00. The standard InChI is InChI=1S/C19H28F3N3OS/c1-4-27-18(9-11-26-12-10-18)14-24-17(23-2)25(3)13-15-5-7-16(8-6-15)19(20,21)22/h5-8H,4,9-14H2,1-3H3,(H,23,24). The summed E-state index contributed by atoms with van der Waals surface area (Å²) in [6.45, 7) is 4.98. The molecule has 2 rings (SSSR count). The van der Waals surface area contributed by atoms with Crippen molar-refractivity contribution in [3.8, 4) is 0 Å². The zero-order valence-electron chi connectivity index (χ0n) is 16.1. The Morgan fingerprint density at radius 2 is 1.89 bits per heavy atom. The number of nitrogens with one attached hydrogen (secondary N) is 1. The van der Waals surface area contributed by atoms with Crippen molar-refractivity contribution in [2.45, 2.75) is 37.2 Å². The predicted molar refractivity (Wildman–Crippen MR) is 105 cm³/mol. The van der Waals surface area contributed by atoms with E-state index in [1.165, 1.54) is 12.1 Å². The molecule has 1 N–H and O–H groups in total. The van der Waals surface area contributed by atoms with Crippen molar-refractivity contribution in [1.29, 1.82) is 0 Å². The van der Waals surface area contributed by atoms with Gasteiger partial charge < -0.3 is 15.0 Å². The fourth-order valence-corrected chi connectivity index (χ4v) is 4.44. The molecule has 8 heteroatoms. The van der Waals surface area contributed by atoms with E-state index in [9.17, 15) is 13.2 Å². The number of aliphatic imine (C=N–C) groups is 1. The van der Waals surface area contributed by atoms with Crippen LogP contribution in [0.4, 0.5) is 13.2 Å². The first kappa shape index (κ1) is 21.9. The van der Waals surface area contributed by atoms with Gasteiger partial charge in [0.2, 0.25) is 0 Å². The van der Waals surface area contributed by atoms with Crippen LogP contribution in [0.15, 0.2) is 29.3 Å². The van der Waals surface area contributed by atoms with Gasteiger partial charge in [-0.1, -0.05) is 19.1 Å². The molecule has 0 amide bonds. The van der Waals surface area contributed by atoms with Gasteiger partial charge in [-0.15, -0.1) is 0 Å². The van der Waals surface area contributed by atoms with Crippen LogP contribution in [0.25, 0.3) is 0 Å². The van der Waals surface area contributed by atoms with Crippen molar-refractivity contribution in [2.24, 2.45) is 4.99 Å². The fourth-order valence-electron chi connectivity index (χ4n) is 3.19. The summed E-state index contributed by atoms with van der Waals surface area (Å²) in [5.74, 6) is 1.78. The molecule has 1 heterocycles. The van der Waals surface area contributed by atoms with Crippen LogP contribution in [0.3, 0.4) is 0 Å². The highest BCUT2D eigenvalue weighted by Gasteiger charge is 2.33. The van der Waals surface area contributed by atoms with Gasteiger partial charge in [0.15, 0.2) is 5.96 Å². The van der Waals surface area contributed by atoms with E-state index in [1.807, 2.05) is 23.7 Å². The van der Waals surface area contributed by atoms with Gasteiger partial charge in [-0.3, -0.25) is 4.99 Å². The summed E-state index contributed by atoms with van der Waals surface area (Å²) in [5.41, 5.74) is 0.173. The lowest BCUT2D eigenvalue weighted by Gasteiger charge is -2.37. The van der Waals surface area contributed by atoms with Crippen LogP contribution in [0.2, 0.25) is 0 Å². The Labute approximate surface area is 163 Å². The molecule has 27 heavy (non-hydrogen) atoms. The summed E-state index contributed by atoms with van der Waals surface area (Å²) >= 11 is 1.95. The van der Waals surface area contributed by atoms with Gasteiger partial charge in [0, 0.05) is 45.1 Å². The maximum absolute atomic E-state index is 12.7. The van der Waals surface area contributed by atoms with Crippen LogP contribution in [0.5, 0.6) is 0 Å². The predicted octanol–water partition coefficient (Wildman–Crippen LogP) is 4.01. The summed E-state index contributed by atoms with van der Waals surface area (Å²) in [6, 6.07) is 5.27. The van der Waals surface area contributed by atoms with Crippen molar-refractivity contribution < 1.29 is 17.9 Å². The molecule has 0 bridgehead atoms. The molecule has 1 aliphatic heterocycles. The molecule has 0 atom stereocenters. The van der Waals surface area contributed by atoms with E-state index in [0.29, 0.717) is 6.54 Å². The van der Waals surface area contributed by atoms with Gasteiger partial charge in [0.05, 0.1) is 5.56 Å². The van der Waals surface area contributed by atoms with E-state index in [2.05, 4.69) is 17.2 Å². The zero-order chi connectivity index (χ0) is 19.9. The number of hydrogen-bond donors (Lipinski definition) is 1. The molecule has 0 spiro atoms. The molecule has 0 unspecified atom stereocenters. The van der Waals surface area contributed by atoms with E-state index < -0.39 is 11.7 Å². The molecule has 0 radical (unpaired) electrons. The number of ether oxygens (including phenoxy) is 1. The average Bonchev–Trinajstić information content (AvgIpc) is 2.63. The third-order valence-corrected chi connectivity index (χ3v) is 6.15. The monoisotopic (exact) mass is 403 g/mol. The summed E-state index contributed by atoms with van der Waals surface area (Å²) in [7, 11) is 3.60. The molecule has 0 aliphatic carbocycles. The molecule has 0 saturated carbocycles. The highest BCUT2D eigenvalue weighted by Crippen LogP contribution is 2.35. The Balaban J connectivity index is 1.96. The summed E-state index contributed by atoms with van der Waals surface area (Å²) in [6.07, 6.45) is -2.31. The topological polar surface area (TPSA) is 36.9 Å². The van der Waals surface area contributed by atoms with Gasteiger partial charge in [0.25, 0.3) is 0 Å². The first-order valence-corrected chi connectivity index (χ1v) is 10.1. The Morgan fingerprint density at radius 1 is 1.26 bits per heavy atom. The van der Waals surface area contributed by atoms with E-state index in [1.54, 1.807) is 7.05 Å². The minimum atomic E-state index is -4.31. The summed E-state index contributed by atoms with van der Waals surface area (Å²) in [4.78, 5) is 6.25. The number of halogens is 3. The van der Waals surface area contributed by atoms with E-state index in [4.69, 9.17) is 4.74 Å². The minimum absolute atomic E-state index is 0.137. The van der Waals surface area contributed by atoms with Crippen LogP contribution in [0.1, 0.15) is 30.9 Å². The zero-order valence-corrected chi connectivity index (χ0v) is 16.9. The lowest BCUT2D eigenvalue weighted by Crippen LogP contribution is -2.48. The molecule has 1 aliphatic rings. The molecular formula is C19H28F3N3OS. The quantitative estimate of drug-likeness (QED) is 0.575. The van der Waals surface area contributed by atoms with E-state index >= 15 is 0 Å². The number of hydrogen-bond acceptors (Lipinski definition) is 3. The Hall–Kier alpha value is -1.41. The third kappa shape index (κ3) is 6.31. The van der Waals surface area contributed by atoms with E-state index in [-0.39, 0.29) is 4.75 Å². The third-order valence-electron chi connectivity index (χ3n) is 4.70. The number of rotatable bonds is 6. The van der Waals surface area contributed by atoms with Crippen molar-refractivity contribution in [3.63, 3.8) is 0 Å². The molecule has 1 aromatic rings. The second-order valence-electron chi connectivity index (χ2n) is 6.68. The normalized spacial score (nSPS) is 17.6. The SMILES string of the molecule is CCSC1(CNC(=NC)N(C)Cc2ccc(C(F)(F)F)cc2)CCOCC1. The largest absolute Gasteiger partial charge is 0.416 e. The number of alkyl halides is 3. The van der Waals surface area contributed by atoms with Gasteiger partial charge in [-0.05, 0) is 36.3 Å². The molecule has 4 nitrogen and oxygen atoms in total. The van der Waals surface area contributed by atoms with Crippen molar-refractivity contribution in [2.75, 3.05) is 39.6 Å².